The Morgan fingerprint density at radius 3 is 2.48 bits per heavy atom. The van der Waals surface area contributed by atoms with Crippen LogP contribution in [0.4, 0.5) is 0 Å². The van der Waals surface area contributed by atoms with E-state index < -0.39 is 11.8 Å². The van der Waals surface area contributed by atoms with Gasteiger partial charge in [0.05, 0.1) is 28.7 Å². The van der Waals surface area contributed by atoms with Gasteiger partial charge in [0.15, 0.2) is 0 Å². The van der Waals surface area contributed by atoms with E-state index in [4.69, 9.17) is 11.6 Å². The van der Waals surface area contributed by atoms with Gasteiger partial charge in [0.25, 0.3) is 11.8 Å². The van der Waals surface area contributed by atoms with Crippen molar-refractivity contribution in [2.24, 2.45) is 7.05 Å². The second-order valence-corrected chi connectivity index (χ2v) is 7.05. The van der Waals surface area contributed by atoms with E-state index in [1.165, 1.54) is 6.20 Å². The van der Waals surface area contributed by atoms with Crippen LogP contribution in [0.5, 0.6) is 0 Å². The van der Waals surface area contributed by atoms with Crippen LogP contribution in [0.15, 0.2) is 60.9 Å². The molecule has 146 valence electrons. The predicted octanol–water partition coefficient (Wildman–Crippen LogP) is 3.40. The number of benzene rings is 2. The summed E-state index contributed by atoms with van der Waals surface area (Å²) >= 11 is 6.03. The fourth-order valence-electron chi connectivity index (χ4n) is 3.27. The first-order valence-corrected chi connectivity index (χ1v) is 9.29. The minimum absolute atomic E-state index is 0.350. The van der Waals surface area contributed by atoms with Crippen molar-refractivity contribution in [2.75, 3.05) is 0 Å². The van der Waals surface area contributed by atoms with Crippen LogP contribution in [-0.2, 0) is 7.05 Å². The number of aromatic nitrogens is 3. The maximum atomic E-state index is 12.6. The van der Waals surface area contributed by atoms with E-state index in [1.807, 2.05) is 48.0 Å². The zero-order valence-electron chi connectivity index (χ0n) is 15.8. The van der Waals surface area contributed by atoms with E-state index in [0.29, 0.717) is 21.8 Å². The molecule has 0 radical (unpaired) electrons. The van der Waals surface area contributed by atoms with E-state index in [1.54, 1.807) is 29.9 Å². The first-order valence-electron chi connectivity index (χ1n) is 8.91. The Morgan fingerprint density at radius 2 is 1.72 bits per heavy atom. The third kappa shape index (κ3) is 3.48. The van der Waals surface area contributed by atoms with Crippen molar-refractivity contribution < 1.29 is 9.59 Å². The number of nitrogens with one attached hydrogen (secondary N) is 2. The summed E-state index contributed by atoms with van der Waals surface area (Å²) < 4.78 is 3.48. The molecule has 0 aliphatic heterocycles. The summed E-state index contributed by atoms with van der Waals surface area (Å²) in [5.41, 5.74) is 8.08. The molecule has 29 heavy (non-hydrogen) atoms. The van der Waals surface area contributed by atoms with Crippen molar-refractivity contribution in [1.29, 1.82) is 0 Å². The highest BCUT2D eigenvalue weighted by Gasteiger charge is 2.18. The number of hydrogen-bond acceptors (Lipinski definition) is 3. The van der Waals surface area contributed by atoms with Gasteiger partial charge in [-0.05, 0) is 31.2 Å². The Hall–Kier alpha value is -3.58. The number of fused-ring (bicyclic) bond motifs is 1. The number of amides is 2. The van der Waals surface area contributed by atoms with Gasteiger partial charge in [-0.15, -0.1) is 0 Å². The molecular weight excluding hydrogens is 390 g/mol. The molecule has 0 bridgehead atoms. The maximum Gasteiger partial charge on any atom is 0.273 e. The summed E-state index contributed by atoms with van der Waals surface area (Å²) in [5, 5.41) is 5.65. The molecule has 0 saturated carbocycles. The van der Waals surface area contributed by atoms with Gasteiger partial charge < -0.3 is 4.57 Å². The first-order chi connectivity index (χ1) is 14.0. The lowest BCUT2D eigenvalue weighted by atomic mass is 10.2. The number of halogens is 1. The minimum atomic E-state index is -0.454. The van der Waals surface area contributed by atoms with Crippen LogP contribution in [0.2, 0.25) is 5.02 Å². The molecule has 0 fully saturated rings. The highest BCUT2D eigenvalue weighted by Crippen LogP contribution is 2.20. The van der Waals surface area contributed by atoms with Crippen LogP contribution in [0.3, 0.4) is 0 Å². The molecule has 7 nitrogen and oxygen atoms in total. The fraction of sp³-hybridized carbons (Fsp3) is 0.0952. The number of para-hydroxylation sites is 1. The Morgan fingerprint density at radius 1 is 1.00 bits per heavy atom. The maximum absolute atomic E-state index is 12.6. The van der Waals surface area contributed by atoms with E-state index in [0.717, 1.165) is 16.6 Å². The zero-order valence-corrected chi connectivity index (χ0v) is 16.6. The number of aryl methyl sites for hydroxylation is 1. The van der Waals surface area contributed by atoms with Gasteiger partial charge in [-0.3, -0.25) is 20.4 Å². The minimum Gasteiger partial charge on any atom is -0.350 e. The van der Waals surface area contributed by atoms with E-state index in [9.17, 15) is 9.59 Å². The third-order valence-corrected chi connectivity index (χ3v) is 4.97. The second kappa shape index (κ2) is 7.44. The average molecular weight is 408 g/mol. The Kier molecular flexibility index (Phi) is 4.82. The van der Waals surface area contributed by atoms with Gasteiger partial charge in [-0.1, -0.05) is 35.9 Å². The van der Waals surface area contributed by atoms with E-state index >= 15 is 0 Å². The normalized spacial score (nSPS) is 10.9. The van der Waals surface area contributed by atoms with Crippen molar-refractivity contribution in [1.82, 2.24) is 25.2 Å². The number of hydrazine groups is 1. The molecule has 8 heteroatoms. The van der Waals surface area contributed by atoms with Gasteiger partial charge in [0, 0.05) is 29.2 Å². The number of carbonyl (C=O) groups excluding carboxylic acids is 2. The Bertz CT molecular complexity index is 1240. The number of nitrogens with zero attached hydrogens (tertiary/aromatic N) is 3. The van der Waals surface area contributed by atoms with Crippen LogP contribution >= 0.6 is 11.6 Å². The quantitative estimate of drug-likeness (QED) is 0.511. The molecule has 0 aliphatic rings. The molecule has 2 heterocycles. The largest absolute Gasteiger partial charge is 0.350 e. The smallest absolute Gasteiger partial charge is 0.273 e. The molecule has 2 aromatic carbocycles. The molecular formula is C21H18ClN5O2. The van der Waals surface area contributed by atoms with Gasteiger partial charge in [0.1, 0.15) is 0 Å². The molecule has 4 aromatic rings. The predicted molar refractivity (Wildman–Crippen MR) is 111 cm³/mol. The lowest BCUT2D eigenvalue weighted by Crippen LogP contribution is -2.41. The Labute approximate surface area is 171 Å². The molecule has 0 spiro atoms. The summed E-state index contributed by atoms with van der Waals surface area (Å²) in [5.74, 6) is -0.848. The second-order valence-electron chi connectivity index (χ2n) is 6.61. The molecule has 2 aromatic heterocycles. The number of rotatable bonds is 3. The number of hydrogen-bond donors (Lipinski definition) is 2. The van der Waals surface area contributed by atoms with Crippen LogP contribution in [0.25, 0.3) is 16.6 Å². The zero-order chi connectivity index (χ0) is 20.5. The lowest BCUT2D eigenvalue weighted by Gasteiger charge is -2.08. The van der Waals surface area contributed by atoms with Gasteiger partial charge in [0.2, 0.25) is 0 Å². The molecule has 4 rings (SSSR count). The summed E-state index contributed by atoms with van der Waals surface area (Å²) in [7, 11) is 1.87. The highest BCUT2D eigenvalue weighted by molar-refractivity contribution is 6.30. The van der Waals surface area contributed by atoms with E-state index in [2.05, 4.69) is 16.0 Å². The van der Waals surface area contributed by atoms with Crippen molar-refractivity contribution in [3.05, 3.63) is 82.8 Å². The highest BCUT2D eigenvalue weighted by atomic mass is 35.5. The molecule has 0 atom stereocenters. The molecule has 2 amide bonds. The number of carbonyl (C=O) groups is 2. The van der Waals surface area contributed by atoms with E-state index in [-0.39, 0.29) is 0 Å². The molecule has 0 saturated heterocycles. The van der Waals surface area contributed by atoms with Crippen molar-refractivity contribution in [3.63, 3.8) is 0 Å². The molecule has 0 unspecified atom stereocenters. The van der Waals surface area contributed by atoms with Gasteiger partial charge in [-0.25, -0.2) is 4.68 Å². The van der Waals surface area contributed by atoms with Gasteiger partial charge >= 0.3 is 0 Å². The molecule has 0 aliphatic carbocycles. The lowest BCUT2D eigenvalue weighted by molar-refractivity contribution is 0.0847. The fourth-order valence-corrected chi connectivity index (χ4v) is 3.46. The SMILES string of the molecule is Cc1c(C(=O)NNC(=O)c2cn(C)c3ccccc23)cnn1-c1cccc(Cl)c1. The van der Waals surface area contributed by atoms with Crippen LogP contribution in [-0.4, -0.2) is 26.2 Å². The third-order valence-electron chi connectivity index (χ3n) is 4.74. The summed E-state index contributed by atoms with van der Waals surface area (Å²) in [6, 6.07) is 14.7. The van der Waals surface area contributed by atoms with Crippen molar-refractivity contribution >= 4 is 34.3 Å². The molecule has 2 N–H and O–H groups in total. The standard InChI is InChI=1S/C21H18ClN5O2/c1-13-17(11-23-27(13)15-7-5-6-14(22)10-15)20(28)24-25-21(29)18-12-26(2)19-9-4-3-8-16(18)19/h3-12H,1-2H3,(H,24,28)(H,25,29). The van der Waals surface area contributed by atoms with Crippen LogP contribution < -0.4 is 10.9 Å². The van der Waals surface area contributed by atoms with Crippen molar-refractivity contribution in [2.45, 2.75) is 6.92 Å². The summed E-state index contributed by atoms with van der Waals surface area (Å²) in [6.07, 6.45) is 3.18. The first kappa shape index (κ1) is 18.8. The van der Waals surface area contributed by atoms with Crippen molar-refractivity contribution in [3.8, 4) is 5.69 Å². The van der Waals surface area contributed by atoms with Crippen LogP contribution in [0, 0.1) is 6.92 Å². The van der Waals surface area contributed by atoms with Crippen LogP contribution in [0.1, 0.15) is 26.4 Å². The summed E-state index contributed by atoms with van der Waals surface area (Å²) in [4.78, 5) is 25.2. The average Bonchev–Trinajstić information content (AvgIpc) is 3.26. The summed E-state index contributed by atoms with van der Waals surface area (Å²) in [6.45, 7) is 1.77. The topological polar surface area (TPSA) is 81.0 Å². The van der Waals surface area contributed by atoms with Gasteiger partial charge in [-0.2, -0.15) is 5.10 Å². The Balaban J connectivity index is 1.51. The monoisotopic (exact) mass is 407 g/mol.